The molecule has 5 heteroatoms. The van der Waals surface area contributed by atoms with Crippen molar-refractivity contribution in [3.8, 4) is 0 Å². The molecule has 0 spiro atoms. The number of hydrogen-bond acceptors (Lipinski definition) is 4. The predicted molar refractivity (Wildman–Crippen MR) is 63.3 cm³/mol. The van der Waals surface area contributed by atoms with E-state index < -0.39 is 5.97 Å². The molecule has 16 heavy (non-hydrogen) atoms. The molecule has 1 aliphatic heterocycles. The summed E-state index contributed by atoms with van der Waals surface area (Å²) in [6, 6.07) is 0. The Kier molecular flexibility index (Phi) is 3.69. The zero-order valence-corrected chi connectivity index (χ0v) is 9.74. The van der Waals surface area contributed by atoms with Crippen molar-refractivity contribution in [2.24, 2.45) is 0 Å². The molecule has 2 heterocycles. The summed E-state index contributed by atoms with van der Waals surface area (Å²) in [5.74, 6) is -0.936. The van der Waals surface area contributed by atoms with Gasteiger partial charge in [0.05, 0.1) is 12.2 Å². The second-order valence-electron chi connectivity index (χ2n) is 3.82. The second-order valence-corrected chi connectivity index (χ2v) is 4.76. The maximum Gasteiger partial charge on any atom is 0.328 e. The van der Waals surface area contributed by atoms with Crippen LogP contribution in [0.4, 0.5) is 0 Å². The first kappa shape index (κ1) is 11.3. The van der Waals surface area contributed by atoms with Gasteiger partial charge in [0.25, 0.3) is 0 Å². The maximum atomic E-state index is 10.3. The van der Waals surface area contributed by atoms with Gasteiger partial charge in [-0.25, -0.2) is 9.78 Å². The molecule has 1 aliphatic rings. The van der Waals surface area contributed by atoms with Crippen LogP contribution in [0.25, 0.3) is 6.08 Å². The van der Waals surface area contributed by atoms with Gasteiger partial charge in [-0.3, -0.25) is 4.90 Å². The Morgan fingerprint density at radius 3 is 3.00 bits per heavy atom. The van der Waals surface area contributed by atoms with Gasteiger partial charge in [0.2, 0.25) is 0 Å². The number of aromatic nitrogens is 1. The fourth-order valence-corrected chi connectivity index (χ4v) is 2.57. The van der Waals surface area contributed by atoms with Crippen LogP contribution < -0.4 is 0 Å². The van der Waals surface area contributed by atoms with Crippen molar-refractivity contribution in [1.82, 2.24) is 9.88 Å². The fourth-order valence-electron chi connectivity index (χ4n) is 1.76. The number of hydrogen-bond donors (Lipinski definition) is 1. The summed E-state index contributed by atoms with van der Waals surface area (Å²) in [6.45, 7) is 3.20. The van der Waals surface area contributed by atoms with E-state index in [1.165, 1.54) is 18.9 Å². The Morgan fingerprint density at radius 1 is 1.56 bits per heavy atom. The van der Waals surface area contributed by atoms with Gasteiger partial charge in [0.15, 0.2) is 0 Å². The van der Waals surface area contributed by atoms with Crippen LogP contribution in [0.2, 0.25) is 0 Å². The van der Waals surface area contributed by atoms with E-state index in [1.54, 1.807) is 11.3 Å². The lowest BCUT2D eigenvalue weighted by molar-refractivity contribution is -0.131. The number of rotatable bonds is 4. The standard InChI is InChI=1S/C11H14N2O2S/c14-11(15)4-3-9-8-16-10(12-9)7-13-5-1-2-6-13/h3-4,8H,1-2,5-7H2,(H,14,15)/b4-3+. The van der Waals surface area contributed by atoms with Crippen molar-refractivity contribution in [3.63, 3.8) is 0 Å². The van der Waals surface area contributed by atoms with Gasteiger partial charge < -0.3 is 5.11 Å². The van der Waals surface area contributed by atoms with E-state index in [2.05, 4.69) is 9.88 Å². The molecule has 4 nitrogen and oxygen atoms in total. The molecular weight excluding hydrogens is 224 g/mol. The van der Waals surface area contributed by atoms with Gasteiger partial charge in [0.1, 0.15) is 5.01 Å². The third-order valence-electron chi connectivity index (χ3n) is 2.52. The van der Waals surface area contributed by atoms with Crippen molar-refractivity contribution < 1.29 is 9.90 Å². The number of aliphatic carboxylic acids is 1. The summed E-state index contributed by atoms with van der Waals surface area (Å²) in [6.07, 6.45) is 5.20. The maximum absolute atomic E-state index is 10.3. The van der Waals surface area contributed by atoms with Crippen LogP contribution >= 0.6 is 11.3 Å². The summed E-state index contributed by atoms with van der Waals surface area (Å²) in [5.41, 5.74) is 0.738. The summed E-state index contributed by atoms with van der Waals surface area (Å²) in [7, 11) is 0. The van der Waals surface area contributed by atoms with Gasteiger partial charge in [-0.15, -0.1) is 11.3 Å². The third-order valence-corrected chi connectivity index (χ3v) is 3.38. The lowest BCUT2D eigenvalue weighted by atomic mass is 10.4. The summed E-state index contributed by atoms with van der Waals surface area (Å²) < 4.78 is 0. The molecule has 2 rings (SSSR count). The molecule has 1 aromatic rings. The SMILES string of the molecule is O=C(O)/C=C/c1csc(CN2CCCC2)n1. The quantitative estimate of drug-likeness (QED) is 0.813. The normalized spacial score (nSPS) is 17.2. The molecular formula is C11H14N2O2S. The van der Waals surface area contributed by atoms with E-state index in [-0.39, 0.29) is 0 Å². The Morgan fingerprint density at radius 2 is 2.31 bits per heavy atom. The molecule has 0 radical (unpaired) electrons. The Bertz CT molecular complexity index is 394. The van der Waals surface area contributed by atoms with Crippen LogP contribution in [0.5, 0.6) is 0 Å². The zero-order chi connectivity index (χ0) is 11.4. The average molecular weight is 238 g/mol. The second kappa shape index (κ2) is 5.23. The summed E-state index contributed by atoms with van der Waals surface area (Å²) in [5, 5.41) is 11.4. The number of carboxylic acids is 1. The van der Waals surface area contributed by atoms with Crippen molar-refractivity contribution >= 4 is 23.4 Å². The van der Waals surface area contributed by atoms with Crippen molar-refractivity contribution in [2.45, 2.75) is 19.4 Å². The first-order valence-electron chi connectivity index (χ1n) is 5.32. The van der Waals surface area contributed by atoms with E-state index in [0.717, 1.165) is 36.4 Å². The van der Waals surface area contributed by atoms with Crippen LogP contribution in [0.15, 0.2) is 11.5 Å². The Labute approximate surface area is 98.2 Å². The van der Waals surface area contributed by atoms with Gasteiger partial charge in [0, 0.05) is 11.5 Å². The van der Waals surface area contributed by atoms with Crippen LogP contribution in [0, 0.1) is 0 Å². The average Bonchev–Trinajstić information content (AvgIpc) is 2.87. The molecule has 1 fully saturated rings. The van der Waals surface area contributed by atoms with Crippen molar-refractivity contribution in [1.29, 1.82) is 0 Å². The number of nitrogens with zero attached hydrogens (tertiary/aromatic N) is 2. The molecule has 1 aromatic heterocycles. The molecule has 0 aliphatic carbocycles. The van der Waals surface area contributed by atoms with Gasteiger partial charge in [-0.05, 0) is 32.0 Å². The minimum Gasteiger partial charge on any atom is -0.478 e. The first-order valence-corrected chi connectivity index (χ1v) is 6.20. The lowest BCUT2D eigenvalue weighted by Crippen LogP contribution is -2.18. The molecule has 1 N–H and O–H groups in total. The van der Waals surface area contributed by atoms with E-state index >= 15 is 0 Å². The molecule has 1 saturated heterocycles. The van der Waals surface area contributed by atoms with Gasteiger partial charge in [-0.2, -0.15) is 0 Å². The highest BCUT2D eigenvalue weighted by atomic mass is 32.1. The summed E-state index contributed by atoms with van der Waals surface area (Å²) in [4.78, 5) is 17.1. The molecule has 0 atom stereocenters. The molecule has 86 valence electrons. The highest BCUT2D eigenvalue weighted by Crippen LogP contribution is 2.16. The Balaban J connectivity index is 1.93. The van der Waals surface area contributed by atoms with Crippen LogP contribution in [-0.2, 0) is 11.3 Å². The zero-order valence-electron chi connectivity index (χ0n) is 8.93. The monoisotopic (exact) mass is 238 g/mol. The lowest BCUT2D eigenvalue weighted by Gasteiger charge is -2.11. The summed E-state index contributed by atoms with van der Waals surface area (Å²) >= 11 is 1.59. The van der Waals surface area contributed by atoms with Gasteiger partial charge in [-0.1, -0.05) is 0 Å². The van der Waals surface area contributed by atoms with Crippen molar-refractivity contribution in [3.05, 3.63) is 22.2 Å². The Hall–Kier alpha value is -1.20. The number of thiazole rings is 1. The van der Waals surface area contributed by atoms with E-state index in [9.17, 15) is 4.79 Å². The highest BCUT2D eigenvalue weighted by molar-refractivity contribution is 7.09. The third kappa shape index (κ3) is 3.15. The smallest absolute Gasteiger partial charge is 0.328 e. The molecule has 0 aromatic carbocycles. The van der Waals surface area contributed by atoms with Crippen molar-refractivity contribution in [2.75, 3.05) is 13.1 Å². The fraction of sp³-hybridized carbons (Fsp3) is 0.455. The van der Waals surface area contributed by atoms with Crippen LogP contribution in [0.1, 0.15) is 23.5 Å². The van der Waals surface area contributed by atoms with E-state index in [4.69, 9.17) is 5.11 Å². The molecule has 0 unspecified atom stereocenters. The number of carbonyl (C=O) groups is 1. The minimum atomic E-state index is -0.936. The molecule has 0 bridgehead atoms. The molecule has 0 saturated carbocycles. The molecule has 0 amide bonds. The highest BCUT2D eigenvalue weighted by Gasteiger charge is 2.13. The topological polar surface area (TPSA) is 53.4 Å². The van der Waals surface area contributed by atoms with Crippen LogP contribution in [0.3, 0.4) is 0 Å². The number of likely N-dealkylation sites (tertiary alicyclic amines) is 1. The van der Waals surface area contributed by atoms with E-state index in [1.807, 2.05) is 5.38 Å². The minimum absolute atomic E-state index is 0.738. The van der Waals surface area contributed by atoms with E-state index in [0.29, 0.717) is 0 Å². The van der Waals surface area contributed by atoms with Crippen LogP contribution in [-0.4, -0.2) is 34.0 Å². The first-order chi connectivity index (χ1) is 7.74. The largest absolute Gasteiger partial charge is 0.478 e. The predicted octanol–water partition coefficient (Wildman–Crippen LogP) is 1.84. The number of carboxylic acid groups (broad SMARTS) is 1. The van der Waals surface area contributed by atoms with Gasteiger partial charge >= 0.3 is 5.97 Å².